The molecule has 1 aromatic rings. The average molecular weight is 233 g/mol. The summed E-state index contributed by atoms with van der Waals surface area (Å²) in [5.74, 6) is 0. The fourth-order valence-electron chi connectivity index (χ4n) is 2.77. The number of nitrogens with zero attached hydrogens (tertiary/aromatic N) is 2. The lowest BCUT2D eigenvalue weighted by atomic mass is 10.1. The molecule has 1 aliphatic rings. The summed E-state index contributed by atoms with van der Waals surface area (Å²) in [6.07, 6.45) is 8.34. The topological polar surface area (TPSA) is 42.2 Å². The van der Waals surface area contributed by atoms with E-state index in [9.17, 15) is 0 Å². The van der Waals surface area contributed by atoms with Crippen molar-refractivity contribution >= 4 is 5.69 Å². The summed E-state index contributed by atoms with van der Waals surface area (Å²) in [6, 6.07) is 4.85. The quantitative estimate of drug-likeness (QED) is 0.872. The highest BCUT2D eigenvalue weighted by Gasteiger charge is 2.21. The molecule has 0 amide bonds. The molecule has 1 fully saturated rings. The van der Waals surface area contributed by atoms with Gasteiger partial charge in [0, 0.05) is 25.3 Å². The van der Waals surface area contributed by atoms with Crippen LogP contribution in [0.5, 0.6) is 0 Å². The molecular weight excluding hydrogens is 210 g/mol. The first-order chi connectivity index (χ1) is 8.36. The first kappa shape index (κ1) is 12.4. The van der Waals surface area contributed by atoms with Gasteiger partial charge in [0.05, 0.1) is 11.4 Å². The summed E-state index contributed by atoms with van der Waals surface area (Å²) in [4.78, 5) is 6.94. The fourth-order valence-corrected chi connectivity index (χ4v) is 2.77. The van der Waals surface area contributed by atoms with Crippen LogP contribution in [0.4, 0.5) is 5.69 Å². The van der Waals surface area contributed by atoms with E-state index in [4.69, 9.17) is 5.73 Å². The van der Waals surface area contributed by atoms with Crippen molar-refractivity contribution in [2.75, 3.05) is 11.4 Å². The Morgan fingerprint density at radius 2 is 2.29 bits per heavy atom. The summed E-state index contributed by atoms with van der Waals surface area (Å²) in [6.45, 7) is 3.96. The van der Waals surface area contributed by atoms with E-state index >= 15 is 0 Å². The molecule has 17 heavy (non-hydrogen) atoms. The van der Waals surface area contributed by atoms with Crippen molar-refractivity contribution < 1.29 is 0 Å². The molecule has 1 aliphatic heterocycles. The molecule has 0 saturated carbocycles. The number of rotatable bonds is 3. The van der Waals surface area contributed by atoms with Crippen molar-refractivity contribution in [1.82, 2.24) is 4.98 Å². The Morgan fingerprint density at radius 3 is 3.06 bits per heavy atom. The Kier molecular flexibility index (Phi) is 4.37. The molecule has 94 valence electrons. The molecule has 0 spiro atoms. The Bertz CT molecular complexity index is 351. The van der Waals surface area contributed by atoms with E-state index in [1.807, 2.05) is 12.3 Å². The van der Waals surface area contributed by atoms with Crippen LogP contribution in [0.25, 0.3) is 0 Å². The molecule has 2 N–H and O–H groups in total. The van der Waals surface area contributed by atoms with Gasteiger partial charge in [0.15, 0.2) is 0 Å². The first-order valence-electron chi connectivity index (χ1n) is 6.77. The zero-order valence-electron chi connectivity index (χ0n) is 10.7. The van der Waals surface area contributed by atoms with Gasteiger partial charge >= 0.3 is 0 Å². The van der Waals surface area contributed by atoms with Crippen molar-refractivity contribution in [3.05, 3.63) is 24.0 Å². The predicted molar refractivity (Wildman–Crippen MR) is 72.0 cm³/mol. The summed E-state index contributed by atoms with van der Waals surface area (Å²) >= 11 is 0. The minimum Gasteiger partial charge on any atom is -0.367 e. The lowest BCUT2D eigenvalue weighted by Gasteiger charge is -2.32. The Hall–Kier alpha value is -1.09. The second-order valence-electron chi connectivity index (χ2n) is 4.78. The van der Waals surface area contributed by atoms with Gasteiger partial charge in [0.25, 0.3) is 0 Å². The molecule has 2 rings (SSSR count). The lowest BCUT2D eigenvalue weighted by Crippen LogP contribution is -2.35. The zero-order chi connectivity index (χ0) is 12.1. The van der Waals surface area contributed by atoms with Crippen LogP contribution in [0.2, 0.25) is 0 Å². The highest BCUT2D eigenvalue weighted by molar-refractivity contribution is 5.51. The van der Waals surface area contributed by atoms with Crippen molar-refractivity contribution in [2.45, 2.75) is 51.6 Å². The van der Waals surface area contributed by atoms with Gasteiger partial charge in [0.1, 0.15) is 0 Å². The van der Waals surface area contributed by atoms with E-state index in [-0.39, 0.29) is 0 Å². The molecular formula is C14H23N3. The number of hydrogen-bond donors (Lipinski definition) is 1. The van der Waals surface area contributed by atoms with Crippen LogP contribution in [0, 0.1) is 0 Å². The molecule has 2 heterocycles. The van der Waals surface area contributed by atoms with Gasteiger partial charge < -0.3 is 10.6 Å². The monoisotopic (exact) mass is 233 g/mol. The number of hydrogen-bond acceptors (Lipinski definition) is 3. The van der Waals surface area contributed by atoms with E-state index in [0.29, 0.717) is 12.6 Å². The molecule has 1 saturated heterocycles. The SMILES string of the molecule is CCC1CCCCCN1c1cccnc1CN. The highest BCUT2D eigenvalue weighted by Crippen LogP contribution is 2.27. The minimum atomic E-state index is 0.531. The van der Waals surface area contributed by atoms with Crippen LogP contribution < -0.4 is 10.6 Å². The summed E-state index contributed by atoms with van der Waals surface area (Å²) in [7, 11) is 0. The molecule has 0 aromatic carbocycles. The maximum absolute atomic E-state index is 5.79. The standard InChI is InChI=1S/C14H23N3/c1-2-12-7-4-3-5-10-17(12)14-8-6-9-16-13(14)11-15/h6,8-9,12H,2-5,7,10-11,15H2,1H3. The number of aromatic nitrogens is 1. The fraction of sp³-hybridized carbons (Fsp3) is 0.643. The molecule has 1 atom stereocenters. The van der Waals surface area contributed by atoms with Crippen LogP contribution in [0.15, 0.2) is 18.3 Å². The van der Waals surface area contributed by atoms with Crippen LogP contribution in [-0.4, -0.2) is 17.6 Å². The normalized spacial score (nSPS) is 21.3. The van der Waals surface area contributed by atoms with Crippen LogP contribution >= 0.6 is 0 Å². The molecule has 0 radical (unpaired) electrons. The van der Waals surface area contributed by atoms with Crippen molar-refractivity contribution in [2.24, 2.45) is 5.73 Å². The maximum Gasteiger partial charge on any atom is 0.0772 e. The van der Waals surface area contributed by atoms with Crippen molar-refractivity contribution in [1.29, 1.82) is 0 Å². The molecule has 1 aromatic heterocycles. The van der Waals surface area contributed by atoms with Gasteiger partial charge in [-0.3, -0.25) is 4.98 Å². The third-order valence-electron chi connectivity index (χ3n) is 3.72. The Morgan fingerprint density at radius 1 is 1.41 bits per heavy atom. The van der Waals surface area contributed by atoms with E-state index in [1.54, 1.807) is 0 Å². The lowest BCUT2D eigenvalue weighted by molar-refractivity contribution is 0.554. The van der Waals surface area contributed by atoms with Gasteiger partial charge in [-0.05, 0) is 31.4 Å². The van der Waals surface area contributed by atoms with Gasteiger partial charge in [-0.15, -0.1) is 0 Å². The Balaban J connectivity index is 2.28. The van der Waals surface area contributed by atoms with E-state index < -0.39 is 0 Å². The first-order valence-corrected chi connectivity index (χ1v) is 6.77. The van der Waals surface area contributed by atoms with Crippen LogP contribution in [-0.2, 0) is 6.54 Å². The molecule has 0 bridgehead atoms. The highest BCUT2D eigenvalue weighted by atomic mass is 15.2. The molecule has 0 aliphatic carbocycles. The largest absolute Gasteiger partial charge is 0.367 e. The van der Waals surface area contributed by atoms with Crippen LogP contribution in [0.1, 0.15) is 44.7 Å². The maximum atomic E-state index is 5.79. The summed E-state index contributed by atoms with van der Waals surface area (Å²) in [5.41, 5.74) is 8.08. The summed E-state index contributed by atoms with van der Waals surface area (Å²) in [5, 5.41) is 0. The Labute approximate surface area is 104 Å². The number of pyridine rings is 1. The van der Waals surface area contributed by atoms with E-state index in [1.165, 1.54) is 37.8 Å². The third-order valence-corrected chi connectivity index (χ3v) is 3.72. The van der Waals surface area contributed by atoms with Crippen molar-refractivity contribution in [3.63, 3.8) is 0 Å². The van der Waals surface area contributed by atoms with Crippen molar-refractivity contribution in [3.8, 4) is 0 Å². The zero-order valence-corrected chi connectivity index (χ0v) is 10.7. The van der Waals surface area contributed by atoms with Gasteiger partial charge in [-0.1, -0.05) is 19.8 Å². The second-order valence-corrected chi connectivity index (χ2v) is 4.78. The number of nitrogens with two attached hydrogens (primary N) is 1. The molecule has 3 nitrogen and oxygen atoms in total. The second kappa shape index (κ2) is 6.01. The number of anilines is 1. The van der Waals surface area contributed by atoms with Crippen LogP contribution in [0.3, 0.4) is 0 Å². The van der Waals surface area contributed by atoms with E-state index in [2.05, 4.69) is 22.9 Å². The molecule has 1 unspecified atom stereocenters. The predicted octanol–water partition coefficient (Wildman–Crippen LogP) is 2.70. The average Bonchev–Trinajstić information content (AvgIpc) is 2.63. The molecule has 3 heteroatoms. The third kappa shape index (κ3) is 2.78. The summed E-state index contributed by atoms with van der Waals surface area (Å²) < 4.78 is 0. The van der Waals surface area contributed by atoms with Gasteiger partial charge in [-0.2, -0.15) is 0 Å². The van der Waals surface area contributed by atoms with Gasteiger partial charge in [-0.25, -0.2) is 0 Å². The minimum absolute atomic E-state index is 0.531. The van der Waals surface area contributed by atoms with E-state index in [0.717, 1.165) is 12.2 Å². The smallest absolute Gasteiger partial charge is 0.0772 e. The van der Waals surface area contributed by atoms with Gasteiger partial charge in [0.2, 0.25) is 0 Å².